The Morgan fingerprint density at radius 1 is 1.12 bits per heavy atom. The number of aryl methyl sites for hydroxylation is 2. The second-order valence-corrected chi connectivity index (χ2v) is 6.13. The van der Waals surface area contributed by atoms with E-state index in [9.17, 15) is 9.59 Å². The van der Waals surface area contributed by atoms with Gasteiger partial charge in [0.25, 0.3) is 0 Å². The lowest BCUT2D eigenvalue weighted by molar-refractivity contribution is -0.116. The van der Waals surface area contributed by atoms with Crippen LogP contribution < -0.4 is 10.1 Å². The highest BCUT2D eigenvalue weighted by Crippen LogP contribution is 2.25. The van der Waals surface area contributed by atoms with Gasteiger partial charge in [0, 0.05) is 17.1 Å². The number of halogens is 1. The van der Waals surface area contributed by atoms with Gasteiger partial charge in [0.2, 0.25) is 5.91 Å². The summed E-state index contributed by atoms with van der Waals surface area (Å²) in [6.07, 6.45) is 0.881. The normalized spacial score (nSPS) is 10.4. The number of carboxylic acids is 1. The first-order valence-electron chi connectivity index (χ1n) is 7.89. The second kappa shape index (κ2) is 8.53. The molecule has 2 aromatic rings. The number of ether oxygens (including phenoxy) is 1. The third-order valence-corrected chi connectivity index (χ3v) is 4.24. The lowest BCUT2D eigenvalue weighted by atomic mass is 10.1. The van der Waals surface area contributed by atoms with E-state index < -0.39 is 5.97 Å². The van der Waals surface area contributed by atoms with E-state index in [-0.39, 0.29) is 11.5 Å². The molecule has 0 unspecified atom stereocenters. The zero-order valence-corrected chi connectivity index (χ0v) is 14.9. The molecule has 6 heteroatoms. The van der Waals surface area contributed by atoms with Crippen molar-refractivity contribution in [3.8, 4) is 5.75 Å². The number of carboxylic acid groups (broad SMARTS) is 1. The molecule has 0 fully saturated rings. The van der Waals surface area contributed by atoms with Crippen molar-refractivity contribution in [3.63, 3.8) is 0 Å². The molecule has 0 bridgehead atoms. The maximum atomic E-state index is 11.9. The van der Waals surface area contributed by atoms with Crippen LogP contribution in [-0.2, 0) is 4.79 Å². The first kappa shape index (κ1) is 18.8. The number of carbonyl (C=O) groups is 2. The summed E-state index contributed by atoms with van der Waals surface area (Å²) in [6.45, 7) is 4.27. The van der Waals surface area contributed by atoms with Gasteiger partial charge in [-0.15, -0.1) is 0 Å². The molecule has 0 aliphatic heterocycles. The van der Waals surface area contributed by atoms with E-state index >= 15 is 0 Å². The van der Waals surface area contributed by atoms with Crippen LogP contribution in [0.5, 0.6) is 5.75 Å². The van der Waals surface area contributed by atoms with Crippen LogP contribution in [0.15, 0.2) is 36.4 Å². The molecular weight excluding hydrogens is 342 g/mol. The highest BCUT2D eigenvalue weighted by atomic mass is 35.5. The zero-order chi connectivity index (χ0) is 18.4. The van der Waals surface area contributed by atoms with Gasteiger partial charge in [0.05, 0.1) is 12.2 Å². The van der Waals surface area contributed by atoms with Crippen molar-refractivity contribution < 1.29 is 19.4 Å². The molecule has 5 nitrogen and oxygen atoms in total. The highest BCUT2D eigenvalue weighted by Gasteiger charge is 2.06. The largest absolute Gasteiger partial charge is 0.494 e. The first-order chi connectivity index (χ1) is 11.9. The highest BCUT2D eigenvalue weighted by molar-refractivity contribution is 6.32. The van der Waals surface area contributed by atoms with Gasteiger partial charge in [0.1, 0.15) is 5.75 Å². The summed E-state index contributed by atoms with van der Waals surface area (Å²) in [5.41, 5.74) is 2.67. The quantitative estimate of drug-likeness (QED) is 0.714. The molecule has 0 radical (unpaired) electrons. The Labute approximate surface area is 151 Å². The second-order valence-electron chi connectivity index (χ2n) is 5.75. The summed E-state index contributed by atoms with van der Waals surface area (Å²) < 4.78 is 5.66. The maximum absolute atomic E-state index is 11.9. The summed E-state index contributed by atoms with van der Waals surface area (Å²) in [4.78, 5) is 22.7. The molecule has 0 spiro atoms. The molecule has 0 atom stereocenters. The van der Waals surface area contributed by atoms with Crippen LogP contribution in [0.4, 0.5) is 5.69 Å². The van der Waals surface area contributed by atoms with Gasteiger partial charge >= 0.3 is 5.97 Å². The lowest BCUT2D eigenvalue weighted by Gasteiger charge is -2.10. The molecule has 0 aliphatic rings. The average Bonchev–Trinajstić information content (AvgIpc) is 2.57. The topological polar surface area (TPSA) is 75.6 Å². The minimum absolute atomic E-state index is 0.143. The van der Waals surface area contributed by atoms with Crippen molar-refractivity contribution in [2.75, 3.05) is 11.9 Å². The fourth-order valence-corrected chi connectivity index (χ4v) is 2.44. The Hall–Kier alpha value is -2.53. The summed E-state index contributed by atoms with van der Waals surface area (Å²) >= 11 is 6.12. The fraction of sp³-hybridized carbons (Fsp3) is 0.263. The summed E-state index contributed by atoms with van der Waals surface area (Å²) in [6, 6.07) is 9.78. The Balaban J connectivity index is 1.76. The molecule has 0 heterocycles. The standard InChI is InChI=1S/C19H20ClNO4/c1-12-10-16(11-13(2)18(12)20)25-9-3-4-17(22)21-15-7-5-14(6-8-15)19(23)24/h5-8,10-11H,3-4,9H2,1-2H3,(H,21,22)(H,23,24). The zero-order valence-electron chi connectivity index (χ0n) is 14.1. The molecule has 0 saturated carbocycles. The number of hydrogen-bond donors (Lipinski definition) is 2. The monoisotopic (exact) mass is 361 g/mol. The van der Waals surface area contributed by atoms with E-state index in [1.54, 1.807) is 12.1 Å². The molecule has 0 aromatic heterocycles. The molecule has 25 heavy (non-hydrogen) atoms. The van der Waals surface area contributed by atoms with Gasteiger partial charge in [-0.05, 0) is 67.8 Å². The van der Waals surface area contributed by atoms with Crippen LogP contribution >= 0.6 is 11.6 Å². The molecule has 0 saturated heterocycles. The minimum atomic E-state index is -0.998. The van der Waals surface area contributed by atoms with E-state index in [0.29, 0.717) is 25.1 Å². The third-order valence-electron chi connectivity index (χ3n) is 3.64. The van der Waals surface area contributed by atoms with E-state index in [4.69, 9.17) is 21.4 Å². The van der Waals surface area contributed by atoms with Gasteiger partial charge in [0.15, 0.2) is 0 Å². The van der Waals surface area contributed by atoms with Crippen molar-refractivity contribution in [2.45, 2.75) is 26.7 Å². The number of anilines is 1. The van der Waals surface area contributed by atoms with Crippen LogP contribution in [0.1, 0.15) is 34.3 Å². The predicted molar refractivity (Wildman–Crippen MR) is 97.7 cm³/mol. The van der Waals surface area contributed by atoms with E-state index in [2.05, 4.69) is 5.32 Å². The molecular formula is C19H20ClNO4. The predicted octanol–water partition coefficient (Wildman–Crippen LogP) is 4.45. The Bertz CT molecular complexity index is 748. The summed E-state index contributed by atoms with van der Waals surface area (Å²) in [7, 11) is 0. The van der Waals surface area contributed by atoms with Crippen LogP contribution in [0, 0.1) is 13.8 Å². The van der Waals surface area contributed by atoms with Gasteiger partial charge in [-0.3, -0.25) is 4.79 Å². The number of nitrogens with one attached hydrogen (secondary N) is 1. The van der Waals surface area contributed by atoms with Crippen molar-refractivity contribution in [2.24, 2.45) is 0 Å². The Morgan fingerprint density at radius 3 is 2.28 bits per heavy atom. The SMILES string of the molecule is Cc1cc(OCCCC(=O)Nc2ccc(C(=O)O)cc2)cc(C)c1Cl. The van der Waals surface area contributed by atoms with E-state index in [1.807, 2.05) is 26.0 Å². The number of amides is 1. The van der Waals surface area contributed by atoms with Gasteiger partial charge < -0.3 is 15.2 Å². The summed E-state index contributed by atoms with van der Waals surface area (Å²) in [5.74, 6) is -0.401. The molecule has 1 amide bonds. The minimum Gasteiger partial charge on any atom is -0.494 e. The molecule has 2 N–H and O–H groups in total. The number of rotatable bonds is 7. The molecule has 2 rings (SSSR count). The van der Waals surface area contributed by atoms with Gasteiger partial charge in [-0.25, -0.2) is 4.79 Å². The van der Waals surface area contributed by atoms with Crippen molar-refractivity contribution in [1.82, 2.24) is 0 Å². The number of carbonyl (C=O) groups excluding carboxylic acids is 1. The molecule has 132 valence electrons. The van der Waals surface area contributed by atoms with Gasteiger partial charge in [-0.1, -0.05) is 11.6 Å². The average molecular weight is 362 g/mol. The van der Waals surface area contributed by atoms with Crippen LogP contribution in [0.3, 0.4) is 0 Å². The third kappa shape index (κ3) is 5.50. The maximum Gasteiger partial charge on any atom is 0.335 e. The number of aromatic carboxylic acids is 1. The Morgan fingerprint density at radius 2 is 1.72 bits per heavy atom. The van der Waals surface area contributed by atoms with Crippen LogP contribution in [-0.4, -0.2) is 23.6 Å². The molecule has 2 aromatic carbocycles. The van der Waals surface area contributed by atoms with Crippen LogP contribution in [0.25, 0.3) is 0 Å². The lowest BCUT2D eigenvalue weighted by Crippen LogP contribution is -2.13. The van der Waals surface area contributed by atoms with Crippen molar-refractivity contribution in [1.29, 1.82) is 0 Å². The van der Waals surface area contributed by atoms with E-state index in [1.165, 1.54) is 12.1 Å². The number of benzene rings is 2. The smallest absolute Gasteiger partial charge is 0.335 e. The first-order valence-corrected chi connectivity index (χ1v) is 8.27. The summed E-state index contributed by atoms with van der Waals surface area (Å²) in [5, 5.41) is 12.3. The fourth-order valence-electron chi connectivity index (χ4n) is 2.33. The van der Waals surface area contributed by atoms with E-state index in [0.717, 1.165) is 21.9 Å². The van der Waals surface area contributed by atoms with Crippen molar-refractivity contribution in [3.05, 3.63) is 58.1 Å². The Kier molecular flexibility index (Phi) is 6.42. The van der Waals surface area contributed by atoms with Crippen LogP contribution in [0.2, 0.25) is 5.02 Å². The van der Waals surface area contributed by atoms with Crippen molar-refractivity contribution >= 4 is 29.2 Å². The van der Waals surface area contributed by atoms with Gasteiger partial charge in [-0.2, -0.15) is 0 Å². The molecule has 0 aliphatic carbocycles. The number of hydrogen-bond acceptors (Lipinski definition) is 3.